The van der Waals surface area contributed by atoms with Crippen LogP contribution in [0, 0.1) is 0 Å². The highest BCUT2D eigenvalue weighted by atomic mass is 32.1. The lowest BCUT2D eigenvalue weighted by Gasteiger charge is -2.07. The number of benzene rings is 1. The van der Waals surface area contributed by atoms with Gasteiger partial charge in [-0.1, -0.05) is 6.07 Å². The number of hydrogen-bond acceptors (Lipinski definition) is 7. The van der Waals surface area contributed by atoms with Crippen molar-refractivity contribution in [3.05, 3.63) is 41.5 Å². The number of fused-ring (bicyclic) bond motifs is 1. The summed E-state index contributed by atoms with van der Waals surface area (Å²) in [7, 11) is 6.17. The number of thiazole rings is 1. The molecule has 0 bridgehead atoms. The summed E-state index contributed by atoms with van der Waals surface area (Å²) in [5, 5.41) is 14.6. The first-order chi connectivity index (χ1) is 12.5. The van der Waals surface area contributed by atoms with Crippen molar-refractivity contribution in [3.63, 3.8) is 0 Å². The Bertz CT molecular complexity index is 848. The lowest BCUT2D eigenvalue weighted by atomic mass is 10.1. The highest BCUT2D eigenvalue weighted by Gasteiger charge is 2.09. The van der Waals surface area contributed by atoms with E-state index in [0.29, 0.717) is 15.4 Å². The van der Waals surface area contributed by atoms with Gasteiger partial charge in [-0.05, 0) is 58.9 Å². The van der Waals surface area contributed by atoms with Crippen LogP contribution in [0.2, 0.25) is 0 Å². The maximum atomic E-state index is 10.6. The lowest BCUT2D eigenvalue weighted by Crippen LogP contribution is -2.18. The number of phenols is 1. The topological polar surface area (TPSA) is 78.4 Å². The third-order valence-electron chi connectivity index (χ3n) is 3.60. The van der Waals surface area contributed by atoms with Gasteiger partial charge in [-0.15, -0.1) is 11.3 Å². The Kier molecular flexibility index (Phi) is 7.65. The van der Waals surface area contributed by atoms with Gasteiger partial charge in [0.05, 0.1) is 4.88 Å². The van der Waals surface area contributed by atoms with Crippen LogP contribution in [0.15, 0.2) is 36.7 Å². The summed E-state index contributed by atoms with van der Waals surface area (Å²) < 4.78 is 0. The van der Waals surface area contributed by atoms with Gasteiger partial charge in [0, 0.05) is 23.3 Å². The number of phenolic OH excluding ortho intramolecular Hbond substituents is 1. The molecule has 2 aromatic heterocycles. The van der Waals surface area contributed by atoms with Crippen molar-refractivity contribution in [2.75, 3.05) is 34.2 Å². The summed E-state index contributed by atoms with van der Waals surface area (Å²) in [5.41, 5.74) is 1.35. The SMILES string of the molecule is CNCCCN(C)C.O=Cc1cnc(-c2cc(O)c3ncccc3c2)s1. The lowest BCUT2D eigenvalue weighted by molar-refractivity contribution is 0.112. The van der Waals surface area contributed by atoms with Crippen LogP contribution in [-0.2, 0) is 0 Å². The summed E-state index contributed by atoms with van der Waals surface area (Å²) in [4.78, 5) is 21.7. The minimum atomic E-state index is 0.117. The van der Waals surface area contributed by atoms with E-state index in [4.69, 9.17) is 0 Å². The number of aromatic hydroxyl groups is 1. The molecule has 3 rings (SSSR count). The van der Waals surface area contributed by atoms with E-state index in [1.54, 1.807) is 12.3 Å². The molecule has 2 heterocycles. The summed E-state index contributed by atoms with van der Waals surface area (Å²) in [5.74, 6) is 0.117. The average molecular weight is 372 g/mol. The molecule has 0 amide bonds. The number of nitrogens with one attached hydrogen (secondary N) is 1. The molecule has 1 aromatic carbocycles. The monoisotopic (exact) mass is 372 g/mol. The van der Waals surface area contributed by atoms with Crippen LogP contribution < -0.4 is 5.32 Å². The van der Waals surface area contributed by atoms with Gasteiger partial charge in [-0.2, -0.15) is 0 Å². The molecular weight excluding hydrogens is 348 g/mol. The maximum absolute atomic E-state index is 10.6. The van der Waals surface area contributed by atoms with E-state index >= 15 is 0 Å². The minimum Gasteiger partial charge on any atom is -0.506 e. The van der Waals surface area contributed by atoms with E-state index in [9.17, 15) is 9.90 Å². The van der Waals surface area contributed by atoms with Crippen LogP contribution in [0.1, 0.15) is 16.1 Å². The largest absolute Gasteiger partial charge is 0.506 e. The Morgan fingerprint density at radius 2 is 2.12 bits per heavy atom. The number of pyridine rings is 1. The highest BCUT2D eigenvalue weighted by molar-refractivity contribution is 7.16. The molecule has 7 heteroatoms. The standard InChI is InChI=1S/C13H8N2O2S.C6H16N2/c16-7-10-6-15-13(18-10)9-4-8-2-1-3-14-12(8)11(17)5-9;1-7-5-4-6-8(2)3/h1-7,17H;7H,4-6H2,1-3H3. The highest BCUT2D eigenvalue weighted by Crippen LogP contribution is 2.32. The Labute approximate surface area is 157 Å². The van der Waals surface area contributed by atoms with Crippen molar-refractivity contribution >= 4 is 28.5 Å². The van der Waals surface area contributed by atoms with E-state index in [-0.39, 0.29) is 5.75 Å². The van der Waals surface area contributed by atoms with Crippen molar-refractivity contribution in [3.8, 4) is 16.3 Å². The number of hydrogen-bond donors (Lipinski definition) is 2. The summed E-state index contributed by atoms with van der Waals surface area (Å²) in [6.45, 7) is 2.30. The first-order valence-electron chi connectivity index (χ1n) is 8.33. The van der Waals surface area contributed by atoms with Crippen molar-refractivity contribution in [2.24, 2.45) is 0 Å². The summed E-state index contributed by atoms with van der Waals surface area (Å²) in [6, 6.07) is 7.20. The Morgan fingerprint density at radius 3 is 2.77 bits per heavy atom. The molecule has 0 saturated carbocycles. The Morgan fingerprint density at radius 1 is 1.31 bits per heavy atom. The molecule has 0 spiro atoms. The smallest absolute Gasteiger partial charge is 0.161 e. The zero-order valence-corrected chi connectivity index (χ0v) is 16.1. The van der Waals surface area contributed by atoms with E-state index in [0.717, 1.165) is 23.8 Å². The van der Waals surface area contributed by atoms with Gasteiger partial charge < -0.3 is 15.3 Å². The zero-order chi connectivity index (χ0) is 18.9. The molecule has 0 atom stereocenters. The second kappa shape index (κ2) is 9.96. The predicted octanol–water partition coefficient (Wildman–Crippen LogP) is 3.03. The molecule has 0 fully saturated rings. The van der Waals surface area contributed by atoms with Crippen LogP contribution in [0.5, 0.6) is 5.75 Å². The van der Waals surface area contributed by atoms with E-state index < -0.39 is 0 Å². The van der Waals surface area contributed by atoms with Gasteiger partial charge in [0.25, 0.3) is 0 Å². The molecule has 0 radical (unpaired) electrons. The van der Waals surface area contributed by atoms with Crippen molar-refractivity contribution in [2.45, 2.75) is 6.42 Å². The van der Waals surface area contributed by atoms with E-state index in [1.165, 1.54) is 30.5 Å². The number of aldehydes is 1. The van der Waals surface area contributed by atoms with Crippen LogP contribution >= 0.6 is 11.3 Å². The summed E-state index contributed by atoms with van der Waals surface area (Å²) >= 11 is 1.29. The van der Waals surface area contributed by atoms with Crippen LogP contribution in [0.25, 0.3) is 21.5 Å². The van der Waals surface area contributed by atoms with Gasteiger partial charge >= 0.3 is 0 Å². The van der Waals surface area contributed by atoms with E-state index in [1.807, 2.05) is 25.2 Å². The van der Waals surface area contributed by atoms with Crippen LogP contribution in [0.3, 0.4) is 0 Å². The fraction of sp³-hybridized carbons (Fsp3) is 0.316. The third-order valence-corrected chi connectivity index (χ3v) is 4.58. The normalized spacial score (nSPS) is 10.6. The van der Waals surface area contributed by atoms with Gasteiger partial charge in [0.1, 0.15) is 16.3 Å². The first kappa shape index (κ1) is 20.0. The third kappa shape index (κ3) is 5.59. The second-order valence-electron chi connectivity index (χ2n) is 6.02. The van der Waals surface area contributed by atoms with Gasteiger partial charge in [-0.3, -0.25) is 9.78 Å². The molecule has 2 N–H and O–H groups in total. The van der Waals surface area contributed by atoms with Crippen LogP contribution in [0.4, 0.5) is 0 Å². The molecule has 0 unspecified atom stereocenters. The molecule has 0 aliphatic carbocycles. The molecule has 26 heavy (non-hydrogen) atoms. The Hall–Kier alpha value is -2.35. The first-order valence-corrected chi connectivity index (χ1v) is 9.15. The fourth-order valence-corrected chi connectivity index (χ4v) is 3.06. The molecule has 138 valence electrons. The summed E-state index contributed by atoms with van der Waals surface area (Å²) in [6.07, 6.45) is 5.17. The quantitative estimate of drug-likeness (QED) is 0.511. The number of carbonyl (C=O) groups is 1. The number of rotatable bonds is 6. The van der Waals surface area contributed by atoms with Gasteiger partial charge in [-0.25, -0.2) is 4.98 Å². The zero-order valence-electron chi connectivity index (χ0n) is 15.3. The molecule has 3 aromatic rings. The van der Waals surface area contributed by atoms with Crippen molar-refractivity contribution in [1.82, 2.24) is 20.2 Å². The second-order valence-corrected chi connectivity index (χ2v) is 7.08. The van der Waals surface area contributed by atoms with Crippen LogP contribution in [-0.4, -0.2) is 60.5 Å². The maximum Gasteiger partial charge on any atom is 0.161 e. The fourth-order valence-electron chi connectivity index (χ4n) is 2.34. The Balaban J connectivity index is 0.000000260. The van der Waals surface area contributed by atoms with E-state index in [2.05, 4.69) is 34.3 Å². The molecular formula is C19H24N4O2S. The number of carbonyl (C=O) groups excluding carboxylic acids is 1. The number of aromatic nitrogens is 2. The molecule has 0 aliphatic rings. The van der Waals surface area contributed by atoms with Gasteiger partial charge in [0.2, 0.25) is 0 Å². The molecule has 6 nitrogen and oxygen atoms in total. The number of nitrogens with zero attached hydrogens (tertiary/aromatic N) is 3. The molecule has 0 saturated heterocycles. The minimum absolute atomic E-state index is 0.117. The average Bonchev–Trinajstić information content (AvgIpc) is 3.11. The predicted molar refractivity (Wildman–Crippen MR) is 107 cm³/mol. The van der Waals surface area contributed by atoms with Crippen molar-refractivity contribution < 1.29 is 9.90 Å². The van der Waals surface area contributed by atoms with Crippen molar-refractivity contribution in [1.29, 1.82) is 0 Å². The van der Waals surface area contributed by atoms with Gasteiger partial charge in [0.15, 0.2) is 6.29 Å². The molecule has 0 aliphatic heterocycles.